The Labute approximate surface area is 142 Å². The molecule has 0 aromatic heterocycles. The molecule has 4 heteroatoms. The third kappa shape index (κ3) is 5.95. The van der Waals surface area contributed by atoms with Gasteiger partial charge in [0, 0.05) is 22.3 Å². The number of halogens is 1. The van der Waals surface area contributed by atoms with Gasteiger partial charge in [-0.1, -0.05) is 43.9 Å². The van der Waals surface area contributed by atoms with Crippen LogP contribution in [0.1, 0.15) is 43.0 Å². The molecule has 0 fully saturated rings. The third-order valence-electron chi connectivity index (χ3n) is 3.46. The number of rotatable bonds is 8. The molecule has 2 aromatic carbocycles. The van der Waals surface area contributed by atoms with Crippen molar-refractivity contribution in [2.24, 2.45) is 0 Å². The predicted octanol–water partition coefficient (Wildman–Crippen LogP) is 5.55. The number of hydrogen-bond acceptors (Lipinski definition) is 2. The second-order valence-corrected chi connectivity index (χ2v) is 5.83. The van der Waals surface area contributed by atoms with Crippen LogP contribution in [0.5, 0.6) is 5.75 Å². The van der Waals surface area contributed by atoms with E-state index >= 15 is 0 Å². The fourth-order valence-corrected chi connectivity index (χ4v) is 2.31. The molecular formula is C19H22ClNO2. The molecule has 2 aromatic rings. The van der Waals surface area contributed by atoms with E-state index in [1.807, 2.05) is 24.3 Å². The van der Waals surface area contributed by atoms with Gasteiger partial charge in [0.2, 0.25) is 0 Å². The Kier molecular flexibility index (Phi) is 6.95. The second-order valence-electron chi connectivity index (χ2n) is 5.40. The second kappa shape index (κ2) is 9.21. The van der Waals surface area contributed by atoms with E-state index in [2.05, 4.69) is 12.2 Å². The average molecular weight is 332 g/mol. The molecule has 0 spiro atoms. The first kappa shape index (κ1) is 17.4. The fourth-order valence-electron chi connectivity index (χ4n) is 2.19. The van der Waals surface area contributed by atoms with Crippen molar-refractivity contribution in [3.05, 3.63) is 59.1 Å². The molecule has 0 aliphatic carbocycles. The maximum Gasteiger partial charge on any atom is 0.255 e. The van der Waals surface area contributed by atoms with Crippen LogP contribution < -0.4 is 10.1 Å². The number of ether oxygens (including phenoxy) is 1. The van der Waals surface area contributed by atoms with Crippen LogP contribution in [0.25, 0.3) is 0 Å². The Morgan fingerprint density at radius 3 is 2.61 bits per heavy atom. The molecule has 23 heavy (non-hydrogen) atoms. The quantitative estimate of drug-likeness (QED) is 0.644. The summed E-state index contributed by atoms with van der Waals surface area (Å²) < 4.78 is 5.73. The molecule has 1 N–H and O–H groups in total. The van der Waals surface area contributed by atoms with Crippen LogP contribution in [0.2, 0.25) is 5.02 Å². The van der Waals surface area contributed by atoms with E-state index in [9.17, 15) is 4.79 Å². The minimum absolute atomic E-state index is 0.165. The van der Waals surface area contributed by atoms with Gasteiger partial charge in [-0.25, -0.2) is 0 Å². The highest BCUT2D eigenvalue weighted by Gasteiger charge is 2.06. The third-order valence-corrected chi connectivity index (χ3v) is 3.72. The largest absolute Gasteiger partial charge is 0.494 e. The van der Waals surface area contributed by atoms with Gasteiger partial charge in [-0.3, -0.25) is 4.79 Å². The number of nitrogens with one attached hydrogen (secondary N) is 1. The number of amides is 1. The Hall–Kier alpha value is -2.00. The van der Waals surface area contributed by atoms with E-state index in [4.69, 9.17) is 16.3 Å². The molecule has 0 atom stereocenters. The molecule has 122 valence electrons. The summed E-state index contributed by atoms with van der Waals surface area (Å²) in [6.07, 6.45) is 4.69. The number of carbonyl (C=O) groups excluding carboxylic acids is 1. The zero-order valence-electron chi connectivity index (χ0n) is 13.3. The van der Waals surface area contributed by atoms with Gasteiger partial charge in [-0.15, -0.1) is 0 Å². The van der Waals surface area contributed by atoms with Crippen LogP contribution in [0.3, 0.4) is 0 Å². The number of hydrogen-bond donors (Lipinski definition) is 1. The molecular weight excluding hydrogens is 310 g/mol. The summed E-state index contributed by atoms with van der Waals surface area (Å²) in [5.41, 5.74) is 1.29. The van der Waals surface area contributed by atoms with Gasteiger partial charge in [0.15, 0.2) is 0 Å². The summed E-state index contributed by atoms with van der Waals surface area (Å²) in [5, 5.41) is 3.48. The van der Waals surface area contributed by atoms with Crippen molar-refractivity contribution in [3.63, 3.8) is 0 Å². The molecule has 0 bridgehead atoms. The van der Waals surface area contributed by atoms with E-state index in [-0.39, 0.29) is 5.91 Å². The molecule has 0 aliphatic rings. The Morgan fingerprint density at radius 2 is 1.87 bits per heavy atom. The van der Waals surface area contributed by atoms with Gasteiger partial charge < -0.3 is 10.1 Å². The van der Waals surface area contributed by atoms with Crippen LogP contribution >= 0.6 is 11.6 Å². The Balaban J connectivity index is 1.89. The van der Waals surface area contributed by atoms with Gasteiger partial charge in [-0.2, -0.15) is 0 Å². The number of anilines is 1. The summed E-state index contributed by atoms with van der Waals surface area (Å²) in [6.45, 7) is 2.89. The summed E-state index contributed by atoms with van der Waals surface area (Å²) in [5.74, 6) is 0.608. The first-order valence-electron chi connectivity index (χ1n) is 7.99. The lowest BCUT2D eigenvalue weighted by molar-refractivity contribution is 0.102. The van der Waals surface area contributed by atoms with Gasteiger partial charge in [0.05, 0.1) is 6.61 Å². The lowest BCUT2D eigenvalue weighted by Crippen LogP contribution is -2.11. The maximum absolute atomic E-state index is 12.2. The van der Waals surface area contributed by atoms with Gasteiger partial charge >= 0.3 is 0 Å². The van der Waals surface area contributed by atoms with Gasteiger partial charge in [0.1, 0.15) is 5.75 Å². The van der Waals surface area contributed by atoms with E-state index in [1.54, 1.807) is 24.3 Å². The predicted molar refractivity (Wildman–Crippen MR) is 95.5 cm³/mol. The van der Waals surface area contributed by atoms with Gasteiger partial charge in [-0.05, 0) is 42.8 Å². The van der Waals surface area contributed by atoms with Crippen LogP contribution in [0.15, 0.2) is 48.5 Å². The maximum atomic E-state index is 12.2. The SMILES string of the molecule is CCCCCCOc1cccc(NC(=O)c2ccc(Cl)cc2)c1. The van der Waals surface area contributed by atoms with Crippen molar-refractivity contribution in [1.29, 1.82) is 0 Å². The van der Waals surface area contributed by atoms with Crippen molar-refractivity contribution in [1.82, 2.24) is 0 Å². The average Bonchev–Trinajstić information content (AvgIpc) is 2.55. The summed E-state index contributed by atoms with van der Waals surface area (Å²) in [4.78, 5) is 12.2. The highest BCUT2D eigenvalue weighted by molar-refractivity contribution is 6.30. The van der Waals surface area contributed by atoms with Crippen LogP contribution in [0, 0.1) is 0 Å². The van der Waals surface area contributed by atoms with E-state index in [0.29, 0.717) is 17.2 Å². The molecule has 0 heterocycles. The molecule has 3 nitrogen and oxygen atoms in total. The normalized spacial score (nSPS) is 10.3. The molecule has 2 rings (SSSR count). The van der Waals surface area contributed by atoms with Crippen LogP contribution in [-0.2, 0) is 0 Å². The summed E-state index contributed by atoms with van der Waals surface area (Å²) in [6, 6.07) is 14.3. The molecule has 0 saturated heterocycles. The zero-order valence-corrected chi connectivity index (χ0v) is 14.1. The summed E-state index contributed by atoms with van der Waals surface area (Å²) >= 11 is 5.83. The smallest absolute Gasteiger partial charge is 0.255 e. The van der Waals surface area contributed by atoms with E-state index in [1.165, 1.54) is 19.3 Å². The number of carbonyl (C=O) groups is 1. The highest BCUT2D eigenvalue weighted by atomic mass is 35.5. The minimum Gasteiger partial charge on any atom is -0.494 e. The van der Waals surface area contributed by atoms with Crippen molar-refractivity contribution in [2.45, 2.75) is 32.6 Å². The van der Waals surface area contributed by atoms with Crippen molar-refractivity contribution in [3.8, 4) is 5.75 Å². The monoisotopic (exact) mass is 331 g/mol. The molecule has 0 unspecified atom stereocenters. The first-order valence-corrected chi connectivity index (χ1v) is 8.36. The van der Waals surface area contributed by atoms with Crippen molar-refractivity contribution in [2.75, 3.05) is 11.9 Å². The fraction of sp³-hybridized carbons (Fsp3) is 0.316. The first-order chi connectivity index (χ1) is 11.2. The number of unbranched alkanes of at least 4 members (excludes halogenated alkanes) is 3. The molecule has 0 saturated carbocycles. The van der Waals surface area contributed by atoms with Crippen LogP contribution in [-0.4, -0.2) is 12.5 Å². The Morgan fingerprint density at radius 1 is 1.09 bits per heavy atom. The zero-order chi connectivity index (χ0) is 16.5. The van der Waals surface area contributed by atoms with Crippen molar-refractivity contribution >= 4 is 23.2 Å². The lowest BCUT2D eigenvalue weighted by atomic mass is 10.2. The Bertz CT molecular complexity index is 626. The highest BCUT2D eigenvalue weighted by Crippen LogP contribution is 2.19. The van der Waals surface area contributed by atoms with Crippen molar-refractivity contribution < 1.29 is 9.53 Å². The number of benzene rings is 2. The summed E-state index contributed by atoms with van der Waals surface area (Å²) in [7, 11) is 0. The van der Waals surface area contributed by atoms with Gasteiger partial charge in [0.25, 0.3) is 5.91 Å². The van der Waals surface area contributed by atoms with Crippen LogP contribution in [0.4, 0.5) is 5.69 Å². The topological polar surface area (TPSA) is 38.3 Å². The molecule has 1 amide bonds. The van der Waals surface area contributed by atoms with E-state index < -0.39 is 0 Å². The lowest BCUT2D eigenvalue weighted by Gasteiger charge is -2.09. The minimum atomic E-state index is -0.165. The van der Waals surface area contributed by atoms with E-state index in [0.717, 1.165) is 17.9 Å². The molecule has 0 aliphatic heterocycles. The standard InChI is InChI=1S/C19H22ClNO2/c1-2-3-4-5-13-23-18-8-6-7-17(14-18)21-19(22)15-9-11-16(20)12-10-15/h6-12,14H,2-5,13H2,1H3,(H,21,22). The molecule has 0 radical (unpaired) electrons.